The number of aryl methyl sites for hydroxylation is 1. The van der Waals surface area contributed by atoms with Crippen molar-refractivity contribution >= 4 is 12.2 Å². The van der Waals surface area contributed by atoms with E-state index >= 15 is 0 Å². The Morgan fingerprint density at radius 2 is 2.00 bits per heavy atom. The standard InChI is InChI=1S/C14H10F2N4S/c1-8-6-10(16)12(7-9(8)15)20-13(18-19-14(20)21)11-4-2-3-5-17-11/h2-7H,1H3,(H,19,21). The second-order valence-electron chi connectivity index (χ2n) is 4.46. The highest BCUT2D eigenvalue weighted by atomic mass is 32.1. The van der Waals surface area contributed by atoms with Crippen LogP contribution in [0.15, 0.2) is 36.5 Å². The molecule has 0 saturated carbocycles. The Bertz CT molecular complexity index is 855. The first-order valence-corrected chi connectivity index (χ1v) is 6.53. The van der Waals surface area contributed by atoms with Crippen LogP contribution in [0.2, 0.25) is 0 Å². The minimum absolute atomic E-state index is 0.00231. The summed E-state index contributed by atoms with van der Waals surface area (Å²) in [5.74, 6) is -0.771. The quantitative estimate of drug-likeness (QED) is 0.736. The normalized spacial score (nSPS) is 10.8. The Kier molecular flexibility index (Phi) is 3.34. The van der Waals surface area contributed by atoms with E-state index in [1.165, 1.54) is 11.5 Å². The van der Waals surface area contributed by atoms with Gasteiger partial charge in [-0.3, -0.25) is 14.6 Å². The van der Waals surface area contributed by atoms with Gasteiger partial charge in [0.05, 0.1) is 5.69 Å². The number of nitrogens with one attached hydrogen (secondary N) is 1. The fourth-order valence-corrected chi connectivity index (χ4v) is 2.22. The summed E-state index contributed by atoms with van der Waals surface area (Å²) in [6, 6.07) is 7.46. The second-order valence-corrected chi connectivity index (χ2v) is 4.84. The lowest BCUT2D eigenvalue weighted by Gasteiger charge is -2.09. The van der Waals surface area contributed by atoms with Gasteiger partial charge in [0.2, 0.25) is 0 Å². The number of aromatic nitrogens is 4. The molecule has 2 aromatic heterocycles. The van der Waals surface area contributed by atoms with Gasteiger partial charge in [0, 0.05) is 12.3 Å². The minimum atomic E-state index is -0.580. The maximum atomic E-state index is 14.2. The third-order valence-corrected chi connectivity index (χ3v) is 3.31. The van der Waals surface area contributed by atoms with Crippen molar-refractivity contribution in [1.82, 2.24) is 19.7 Å². The van der Waals surface area contributed by atoms with Gasteiger partial charge in [0.25, 0.3) is 0 Å². The van der Waals surface area contributed by atoms with E-state index in [1.807, 2.05) is 0 Å². The number of nitrogens with zero attached hydrogens (tertiary/aromatic N) is 3. The zero-order valence-corrected chi connectivity index (χ0v) is 11.8. The number of rotatable bonds is 2. The summed E-state index contributed by atoms with van der Waals surface area (Å²) in [5.41, 5.74) is 0.730. The van der Waals surface area contributed by atoms with E-state index in [0.717, 1.165) is 12.1 Å². The van der Waals surface area contributed by atoms with E-state index in [9.17, 15) is 8.78 Å². The molecule has 0 fully saturated rings. The molecule has 0 aliphatic heterocycles. The summed E-state index contributed by atoms with van der Waals surface area (Å²) in [4.78, 5) is 4.15. The van der Waals surface area contributed by atoms with Gasteiger partial charge in [-0.05, 0) is 42.9 Å². The number of hydrogen-bond donors (Lipinski definition) is 1. The van der Waals surface area contributed by atoms with Gasteiger partial charge in [0.1, 0.15) is 17.3 Å². The summed E-state index contributed by atoms with van der Waals surface area (Å²) < 4.78 is 29.4. The Balaban J connectivity index is 2.27. The van der Waals surface area contributed by atoms with E-state index in [1.54, 1.807) is 24.4 Å². The van der Waals surface area contributed by atoms with Gasteiger partial charge < -0.3 is 0 Å². The van der Waals surface area contributed by atoms with E-state index in [2.05, 4.69) is 15.2 Å². The number of halogens is 2. The van der Waals surface area contributed by atoms with E-state index in [4.69, 9.17) is 12.2 Å². The molecule has 0 aliphatic rings. The van der Waals surface area contributed by atoms with Crippen molar-refractivity contribution in [3.8, 4) is 17.2 Å². The van der Waals surface area contributed by atoms with Crippen molar-refractivity contribution in [3.05, 3.63) is 58.5 Å². The lowest BCUT2D eigenvalue weighted by molar-refractivity contribution is 0.585. The molecular formula is C14H10F2N4S. The van der Waals surface area contributed by atoms with Crippen LogP contribution in [-0.2, 0) is 0 Å². The van der Waals surface area contributed by atoms with Crippen molar-refractivity contribution in [2.75, 3.05) is 0 Å². The number of hydrogen-bond acceptors (Lipinski definition) is 3. The smallest absolute Gasteiger partial charge is 0.200 e. The molecule has 3 rings (SSSR count). The molecule has 0 bridgehead atoms. The van der Waals surface area contributed by atoms with Gasteiger partial charge in [-0.1, -0.05) is 6.07 Å². The molecule has 0 saturated heterocycles. The van der Waals surface area contributed by atoms with Gasteiger partial charge in [0.15, 0.2) is 10.6 Å². The molecule has 4 nitrogen and oxygen atoms in total. The van der Waals surface area contributed by atoms with Crippen LogP contribution < -0.4 is 0 Å². The fraction of sp³-hybridized carbons (Fsp3) is 0.0714. The van der Waals surface area contributed by atoms with Crippen LogP contribution in [-0.4, -0.2) is 19.7 Å². The first kappa shape index (κ1) is 13.6. The molecule has 0 amide bonds. The lowest BCUT2D eigenvalue weighted by Crippen LogP contribution is -2.03. The van der Waals surface area contributed by atoms with Gasteiger partial charge in [-0.25, -0.2) is 8.78 Å². The topological polar surface area (TPSA) is 46.5 Å². The van der Waals surface area contributed by atoms with Gasteiger partial charge in [-0.2, -0.15) is 5.10 Å². The SMILES string of the molecule is Cc1cc(F)c(-n2c(-c3ccccn3)n[nH]c2=S)cc1F. The largest absolute Gasteiger partial charge is 0.264 e. The molecule has 7 heteroatoms. The van der Waals surface area contributed by atoms with Crippen molar-refractivity contribution in [1.29, 1.82) is 0 Å². The third kappa shape index (κ3) is 2.36. The van der Waals surface area contributed by atoms with Gasteiger partial charge >= 0.3 is 0 Å². The summed E-state index contributed by atoms with van der Waals surface area (Å²) in [7, 11) is 0. The molecule has 1 N–H and O–H groups in total. The highest BCUT2D eigenvalue weighted by molar-refractivity contribution is 7.71. The van der Waals surface area contributed by atoms with Gasteiger partial charge in [-0.15, -0.1) is 0 Å². The number of benzene rings is 1. The first-order valence-electron chi connectivity index (χ1n) is 6.13. The molecule has 21 heavy (non-hydrogen) atoms. The Morgan fingerprint density at radius 3 is 2.71 bits per heavy atom. The predicted octanol–water partition coefficient (Wildman–Crippen LogP) is 3.58. The highest BCUT2D eigenvalue weighted by Gasteiger charge is 2.16. The molecule has 2 heterocycles. The van der Waals surface area contributed by atoms with Crippen LogP contribution in [0.25, 0.3) is 17.2 Å². The average molecular weight is 304 g/mol. The van der Waals surface area contributed by atoms with Crippen LogP contribution in [0, 0.1) is 23.3 Å². The fourth-order valence-electron chi connectivity index (χ4n) is 1.99. The first-order chi connectivity index (χ1) is 10.1. The predicted molar refractivity (Wildman–Crippen MR) is 76.6 cm³/mol. The van der Waals surface area contributed by atoms with E-state index < -0.39 is 11.6 Å². The monoisotopic (exact) mass is 304 g/mol. The number of pyridine rings is 1. The zero-order valence-electron chi connectivity index (χ0n) is 11.0. The number of aromatic amines is 1. The molecule has 3 aromatic rings. The summed E-state index contributed by atoms with van der Waals surface area (Å²) >= 11 is 5.12. The maximum absolute atomic E-state index is 14.2. The van der Waals surface area contributed by atoms with Crippen LogP contribution in [0.5, 0.6) is 0 Å². The third-order valence-electron chi connectivity index (χ3n) is 3.04. The van der Waals surface area contributed by atoms with E-state index in [0.29, 0.717) is 11.5 Å². The average Bonchev–Trinajstić information content (AvgIpc) is 2.85. The Labute approximate surface area is 124 Å². The lowest BCUT2D eigenvalue weighted by atomic mass is 10.2. The minimum Gasteiger partial charge on any atom is -0.264 e. The maximum Gasteiger partial charge on any atom is 0.200 e. The van der Waals surface area contributed by atoms with Crippen molar-refractivity contribution in [2.45, 2.75) is 6.92 Å². The summed E-state index contributed by atoms with van der Waals surface area (Å²) in [6.07, 6.45) is 1.59. The molecule has 0 atom stereocenters. The van der Waals surface area contributed by atoms with Crippen molar-refractivity contribution in [2.24, 2.45) is 0 Å². The molecular weight excluding hydrogens is 294 g/mol. The van der Waals surface area contributed by atoms with Crippen LogP contribution in [0.1, 0.15) is 5.56 Å². The van der Waals surface area contributed by atoms with E-state index in [-0.39, 0.29) is 16.0 Å². The van der Waals surface area contributed by atoms with Crippen molar-refractivity contribution in [3.63, 3.8) is 0 Å². The highest BCUT2D eigenvalue weighted by Crippen LogP contribution is 2.23. The second kappa shape index (κ2) is 5.17. The number of H-pyrrole nitrogens is 1. The van der Waals surface area contributed by atoms with Crippen LogP contribution in [0.4, 0.5) is 8.78 Å². The zero-order chi connectivity index (χ0) is 15.0. The van der Waals surface area contributed by atoms with Crippen molar-refractivity contribution < 1.29 is 8.78 Å². The summed E-state index contributed by atoms with van der Waals surface area (Å²) in [6.45, 7) is 1.50. The molecule has 1 aromatic carbocycles. The Hall–Kier alpha value is -2.41. The molecule has 0 aliphatic carbocycles. The molecule has 0 unspecified atom stereocenters. The molecule has 106 valence electrons. The molecule has 0 spiro atoms. The van der Waals surface area contributed by atoms with Crippen LogP contribution >= 0.6 is 12.2 Å². The Morgan fingerprint density at radius 1 is 1.19 bits per heavy atom. The molecule has 0 radical (unpaired) electrons. The van der Waals surface area contributed by atoms with Crippen LogP contribution in [0.3, 0.4) is 0 Å². The summed E-state index contributed by atoms with van der Waals surface area (Å²) in [5, 5.41) is 6.63.